The molecule has 0 bridgehead atoms. The molecule has 0 amide bonds. The molecule has 0 saturated heterocycles. The van der Waals surface area contributed by atoms with Crippen molar-refractivity contribution in [3.05, 3.63) is 28.5 Å². The molecule has 2 heteroatoms. The van der Waals surface area contributed by atoms with Gasteiger partial charge in [-0.3, -0.25) is 0 Å². The number of rotatable bonds is 3. The average molecular weight is 198 g/mol. The van der Waals surface area contributed by atoms with E-state index >= 15 is 0 Å². The monoisotopic (exact) mass is 197 g/mol. The van der Waals surface area contributed by atoms with Gasteiger partial charge in [0.15, 0.2) is 0 Å². The lowest BCUT2D eigenvalue weighted by Crippen LogP contribution is -1.97. The van der Waals surface area contributed by atoms with Crippen molar-refractivity contribution in [1.29, 1.82) is 0 Å². The van der Waals surface area contributed by atoms with E-state index in [1.165, 1.54) is 11.1 Å². The van der Waals surface area contributed by atoms with Gasteiger partial charge in [0.05, 0.1) is 0 Å². The first-order chi connectivity index (χ1) is 6.15. The van der Waals surface area contributed by atoms with E-state index in [0.29, 0.717) is 11.1 Å². The fourth-order valence-electron chi connectivity index (χ4n) is 1.48. The van der Waals surface area contributed by atoms with Gasteiger partial charge in [-0.15, -0.1) is 0 Å². The molecule has 1 rings (SSSR count). The van der Waals surface area contributed by atoms with Gasteiger partial charge in [0.25, 0.3) is 0 Å². The van der Waals surface area contributed by atoms with Crippen LogP contribution in [-0.4, -0.2) is 4.98 Å². The Morgan fingerprint density at radius 3 is 2.69 bits per heavy atom. The highest BCUT2D eigenvalue weighted by molar-refractivity contribution is 6.29. The standard InChI is InChI=1S/C11H16ClN/c1-4-5-9-6-11(12)13-7-10(9)8(2)3/h6-8H,4-5H2,1-3H3. The zero-order chi connectivity index (χ0) is 9.84. The summed E-state index contributed by atoms with van der Waals surface area (Å²) in [4.78, 5) is 4.11. The van der Waals surface area contributed by atoms with Crippen LogP contribution in [0.25, 0.3) is 0 Å². The van der Waals surface area contributed by atoms with E-state index in [2.05, 4.69) is 25.8 Å². The molecule has 72 valence electrons. The molecule has 0 aliphatic rings. The Balaban J connectivity index is 3.03. The van der Waals surface area contributed by atoms with Crippen molar-refractivity contribution < 1.29 is 0 Å². The lowest BCUT2D eigenvalue weighted by Gasteiger charge is -2.11. The van der Waals surface area contributed by atoms with Crippen LogP contribution in [0.5, 0.6) is 0 Å². The number of hydrogen-bond acceptors (Lipinski definition) is 1. The van der Waals surface area contributed by atoms with Gasteiger partial charge >= 0.3 is 0 Å². The van der Waals surface area contributed by atoms with Gasteiger partial charge in [0.2, 0.25) is 0 Å². The molecule has 0 unspecified atom stereocenters. The maximum absolute atomic E-state index is 5.85. The van der Waals surface area contributed by atoms with Gasteiger partial charge in [-0.25, -0.2) is 4.98 Å². The third kappa shape index (κ3) is 2.70. The second-order valence-corrected chi connectivity index (χ2v) is 4.00. The first-order valence-electron chi connectivity index (χ1n) is 4.79. The van der Waals surface area contributed by atoms with Crippen molar-refractivity contribution in [1.82, 2.24) is 4.98 Å². The van der Waals surface area contributed by atoms with Crippen LogP contribution in [0, 0.1) is 0 Å². The van der Waals surface area contributed by atoms with Gasteiger partial charge in [-0.05, 0) is 29.5 Å². The summed E-state index contributed by atoms with van der Waals surface area (Å²) >= 11 is 5.85. The summed E-state index contributed by atoms with van der Waals surface area (Å²) in [5, 5.41) is 0.604. The van der Waals surface area contributed by atoms with Gasteiger partial charge in [-0.2, -0.15) is 0 Å². The maximum atomic E-state index is 5.85. The van der Waals surface area contributed by atoms with E-state index in [1.54, 1.807) is 0 Å². The summed E-state index contributed by atoms with van der Waals surface area (Å²) in [7, 11) is 0. The predicted octanol–water partition coefficient (Wildman–Crippen LogP) is 3.81. The molecule has 13 heavy (non-hydrogen) atoms. The van der Waals surface area contributed by atoms with E-state index in [1.807, 2.05) is 12.3 Å². The molecular formula is C11H16ClN. The van der Waals surface area contributed by atoms with Crippen molar-refractivity contribution in [2.45, 2.75) is 39.5 Å². The number of nitrogens with zero attached hydrogens (tertiary/aromatic N) is 1. The summed E-state index contributed by atoms with van der Waals surface area (Å²) in [5.74, 6) is 0.534. The topological polar surface area (TPSA) is 12.9 Å². The van der Waals surface area contributed by atoms with Crippen LogP contribution < -0.4 is 0 Å². The van der Waals surface area contributed by atoms with E-state index in [4.69, 9.17) is 11.6 Å². The van der Waals surface area contributed by atoms with Gasteiger partial charge in [0, 0.05) is 6.20 Å². The number of halogens is 1. The molecule has 1 aromatic rings. The maximum Gasteiger partial charge on any atom is 0.129 e. The van der Waals surface area contributed by atoms with Crippen molar-refractivity contribution in [3.8, 4) is 0 Å². The Kier molecular flexibility index (Phi) is 3.73. The second-order valence-electron chi connectivity index (χ2n) is 3.61. The summed E-state index contributed by atoms with van der Waals surface area (Å²) < 4.78 is 0. The van der Waals surface area contributed by atoms with Crippen LogP contribution in [0.1, 0.15) is 44.2 Å². The van der Waals surface area contributed by atoms with Gasteiger partial charge in [0.1, 0.15) is 5.15 Å². The average Bonchev–Trinajstić information content (AvgIpc) is 2.04. The van der Waals surface area contributed by atoms with Gasteiger partial charge in [-0.1, -0.05) is 38.8 Å². The smallest absolute Gasteiger partial charge is 0.129 e. The Labute approximate surface area is 85.1 Å². The van der Waals surface area contributed by atoms with Gasteiger partial charge < -0.3 is 0 Å². The van der Waals surface area contributed by atoms with E-state index in [-0.39, 0.29) is 0 Å². The SMILES string of the molecule is CCCc1cc(Cl)ncc1C(C)C. The highest BCUT2D eigenvalue weighted by atomic mass is 35.5. The number of hydrogen-bond donors (Lipinski definition) is 0. The van der Waals surface area contributed by atoms with Crippen LogP contribution in [0.15, 0.2) is 12.3 Å². The first kappa shape index (κ1) is 10.5. The van der Waals surface area contributed by atoms with Crippen molar-refractivity contribution in [2.75, 3.05) is 0 Å². The minimum atomic E-state index is 0.534. The summed E-state index contributed by atoms with van der Waals surface area (Å²) in [6.07, 6.45) is 4.15. The van der Waals surface area contributed by atoms with Crippen LogP contribution in [0.3, 0.4) is 0 Å². The molecule has 1 nitrogen and oxygen atoms in total. The lowest BCUT2D eigenvalue weighted by atomic mass is 9.97. The Morgan fingerprint density at radius 2 is 2.15 bits per heavy atom. The predicted molar refractivity (Wildman–Crippen MR) is 57.3 cm³/mol. The third-order valence-corrected chi connectivity index (χ3v) is 2.34. The Bertz CT molecular complexity index is 281. The fraction of sp³-hybridized carbons (Fsp3) is 0.545. The molecule has 0 spiro atoms. The van der Waals surface area contributed by atoms with E-state index < -0.39 is 0 Å². The number of aromatic nitrogens is 1. The summed E-state index contributed by atoms with van der Waals surface area (Å²) in [6, 6.07) is 1.99. The molecule has 0 saturated carbocycles. The minimum absolute atomic E-state index is 0.534. The van der Waals surface area contributed by atoms with Crippen LogP contribution in [0.4, 0.5) is 0 Å². The molecule has 0 fully saturated rings. The van der Waals surface area contributed by atoms with Crippen molar-refractivity contribution >= 4 is 11.6 Å². The third-order valence-electron chi connectivity index (χ3n) is 2.13. The summed E-state index contributed by atoms with van der Waals surface area (Å²) in [6.45, 7) is 6.55. The van der Waals surface area contributed by atoms with Crippen molar-refractivity contribution in [3.63, 3.8) is 0 Å². The van der Waals surface area contributed by atoms with Crippen molar-refractivity contribution in [2.24, 2.45) is 0 Å². The van der Waals surface area contributed by atoms with Crippen LogP contribution >= 0.6 is 11.6 Å². The largest absolute Gasteiger partial charge is 0.244 e. The highest BCUT2D eigenvalue weighted by Crippen LogP contribution is 2.22. The zero-order valence-electron chi connectivity index (χ0n) is 8.47. The molecule has 1 heterocycles. The fourth-order valence-corrected chi connectivity index (χ4v) is 1.66. The minimum Gasteiger partial charge on any atom is -0.244 e. The first-order valence-corrected chi connectivity index (χ1v) is 5.17. The summed E-state index contributed by atoms with van der Waals surface area (Å²) in [5.41, 5.74) is 2.67. The molecule has 0 aromatic carbocycles. The Hall–Kier alpha value is -0.560. The number of aryl methyl sites for hydroxylation is 1. The zero-order valence-corrected chi connectivity index (χ0v) is 9.23. The molecule has 0 N–H and O–H groups in total. The second kappa shape index (κ2) is 4.61. The highest BCUT2D eigenvalue weighted by Gasteiger charge is 2.06. The molecule has 0 radical (unpaired) electrons. The van der Waals surface area contributed by atoms with Crippen LogP contribution in [-0.2, 0) is 6.42 Å². The molecule has 0 aliphatic carbocycles. The van der Waals surface area contributed by atoms with E-state index in [0.717, 1.165) is 12.8 Å². The Morgan fingerprint density at radius 1 is 1.46 bits per heavy atom. The van der Waals surface area contributed by atoms with Crippen LogP contribution in [0.2, 0.25) is 5.15 Å². The normalized spacial score (nSPS) is 10.8. The molecule has 0 atom stereocenters. The number of pyridine rings is 1. The molecule has 1 aromatic heterocycles. The molecular weight excluding hydrogens is 182 g/mol. The quantitative estimate of drug-likeness (QED) is 0.672. The lowest BCUT2D eigenvalue weighted by molar-refractivity contribution is 0.812. The molecule has 0 aliphatic heterocycles. The van der Waals surface area contributed by atoms with E-state index in [9.17, 15) is 0 Å².